The van der Waals surface area contributed by atoms with Crippen LogP contribution < -0.4 is 11.2 Å². The van der Waals surface area contributed by atoms with Crippen LogP contribution >= 0.6 is 11.3 Å². The number of hydrogen-bond donors (Lipinski definition) is 2. The predicted molar refractivity (Wildman–Crippen MR) is 112 cm³/mol. The summed E-state index contributed by atoms with van der Waals surface area (Å²) < 4.78 is 40.6. The van der Waals surface area contributed by atoms with E-state index >= 15 is 0 Å². The number of halogens is 1. The largest absolute Gasteiger partial charge is 0.477 e. The lowest BCUT2D eigenvalue weighted by Gasteiger charge is -2.10. The zero-order valence-electron chi connectivity index (χ0n) is 15.5. The van der Waals surface area contributed by atoms with E-state index in [0.29, 0.717) is 10.1 Å². The number of carboxylic acids is 1. The van der Waals surface area contributed by atoms with Crippen LogP contribution in [0.3, 0.4) is 0 Å². The van der Waals surface area contributed by atoms with Gasteiger partial charge < -0.3 is 10.1 Å². The summed E-state index contributed by atoms with van der Waals surface area (Å²) in [6.45, 7) is 0. The van der Waals surface area contributed by atoms with Gasteiger partial charge in [0.25, 0.3) is 5.56 Å². The fourth-order valence-corrected chi connectivity index (χ4v) is 5.34. The smallest absolute Gasteiger partial charge is 0.346 e. The molecule has 4 rings (SSSR count). The third kappa shape index (κ3) is 3.68. The average Bonchev–Trinajstić information content (AvgIpc) is 3.14. The summed E-state index contributed by atoms with van der Waals surface area (Å²) in [6.07, 6.45) is 0. The van der Waals surface area contributed by atoms with E-state index in [1.165, 1.54) is 5.38 Å². The second-order valence-electron chi connectivity index (χ2n) is 6.59. The summed E-state index contributed by atoms with van der Waals surface area (Å²) in [5.41, 5.74) is -2.17. The van der Waals surface area contributed by atoms with Crippen LogP contribution in [0.25, 0.3) is 16.6 Å². The molecular weight excluding hydrogens is 447 g/mol. The molecule has 0 aliphatic carbocycles. The highest BCUT2D eigenvalue weighted by Gasteiger charge is 2.23. The van der Waals surface area contributed by atoms with Gasteiger partial charge in [0.1, 0.15) is 10.7 Å². The summed E-state index contributed by atoms with van der Waals surface area (Å²) in [5.74, 6) is -2.76. The Balaban J connectivity index is 1.91. The van der Waals surface area contributed by atoms with Crippen LogP contribution in [0, 0.1) is 5.82 Å². The Bertz CT molecular complexity index is 1550. The molecule has 8 nitrogen and oxygen atoms in total. The summed E-state index contributed by atoms with van der Waals surface area (Å²) >= 11 is 0.738. The highest BCUT2D eigenvalue weighted by atomic mass is 32.2. The molecule has 11 heteroatoms. The molecule has 0 bridgehead atoms. The summed E-state index contributed by atoms with van der Waals surface area (Å²) in [6, 6.07) is 11.1. The maximum absolute atomic E-state index is 14.6. The van der Waals surface area contributed by atoms with Gasteiger partial charge in [0.2, 0.25) is 0 Å². The Labute approximate surface area is 177 Å². The van der Waals surface area contributed by atoms with Crippen molar-refractivity contribution in [3.05, 3.63) is 91.0 Å². The van der Waals surface area contributed by atoms with Gasteiger partial charge in [-0.3, -0.25) is 4.79 Å². The van der Waals surface area contributed by atoms with Gasteiger partial charge in [0.05, 0.1) is 27.2 Å². The number of benzene rings is 2. The van der Waals surface area contributed by atoms with Gasteiger partial charge >= 0.3 is 11.7 Å². The Morgan fingerprint density at radius 3 is 2.52 bits per heavy atom. The predicted octanol–water partition coefficient (Wildman–Crippen LogP) is 2.55. The van der Waals surface area contributed by atoms with Crippen molar-refractivity contribution >= 4 is 38.0 Å². The normalized spacial score (nSPS) is 11.6. The highest BCUT2D eigenvalue weighted by Crippen LogP contribution is 2.23. The summed E-state index contributed by atoms with van der Waals surface area (Å²) in [5, 5.41) is 10.3. The van der Waals surface area contributed by atoms with Crippen LogP contribution in [0.2, 0.25) is 0 Å². The van der Waals surface area contributed by atoms with Gasteiger partial charge in [-0.1, -0.05) is 30.3 Å². The molecule has 0 atom stereocenters. The zero-order chi connectivity index (χ0) is 22.3. The monoisotopic (exact) mass is 460 g/mol. The first-order valence-electron chi connectivity index (χ1n) is 8.75. The third-order valence-corrected chi connectivity index (χ3v) is 7.22. The third-order valence-electron chi connectivity index (χ3n) is 4.56. The molecule has 158 valence electrons. The molecule has 0 spiro atoms. The summed E-state index contributed by atoms with van der Waals surface area (Å²) in [4.78, 5) is 38.5. The van der Waals surface area contributed by atoms with E-state index in [2.05, 4.69) is 4.98 Å². The Hall–Kier alpha value is -3.57. The van der Waals surface area contributed by atoms with Crippen LogP contribution in [0.4, 0.5) is 4.39 Å². The van der Waals surface area contributed by atoms with Gasteiger partial charge in [0, 0.05) is 5.38 Å². The van der Waals surface area contributed by atoms with Crippen LogP contribution in [0.1, 0.15) is 15.2 Å². The number of hydrogen-bond acceptors (Lipinski definition) is 6. The van der Waals surface area contributed by atoms with E-state index in [1.807, 2.05) is 0 Å². The molecular formula is C20H13FN2O6S2. The Kier molecular flexibility index (Phi) is 5.07. The van der Waals surface area contributed by atoms with Crippen LogP contribution in [-0.4, -0.2) is 29.0 Å². The van der Waals surface area contributed by atoms with E-state index in [0.717, 1.165) is 29.5 Å². The molecule has 0 aliphatic rings. The maximum Gasteiger partial charge on any atom is 0.346 e. The van der Waals surface area contributed by atoms with E-state index in [-0.39, 0.29) is 26.4 Å². The molecule has 0 amide bonds. The minimum atomic E-state index is -3.93. The molecule has 2 aromatic carbocycles. The molecule has 2 heterocycles. The van der Waals surface area contributed by atoms with Crippen LogP contribution in [0.15, 0.2) is 68.4 Å². The Morgan fingerprint density at radius 1 is 1.13 bits per heavy atom. The van der Waals surface area contributed by atoms with Crippen LogP contribution in [-0.2, 0) is 15.6 Å². The van der Waals surface area contributed by atoms with Gasteiger partial charge in [0.15, 0.2) is 9.84 Å². The van der Waals surface area contributed by atoms with E-state index < -0.39 is 38.6 Å². The maximum atomic E-state index is 14.6. The molecule has 0 fully saturated rings. The minimum absolute atomic E-state index is 0.00177. The van der Waals surface area contributed by atoms with Crippen molar-refractivity contribution in [2.75, 3.05) is 0 Å². The van der Waals surface area contributed by atoms with Crippen molar-refractivity contribution in [1.82, 2.24) is 9.55 Å². The molecule has 0 aliphatic heterocycles. The number of aromatic amines is 1. The van der Waals surface area contributed by atoms with Crippen molar-refractivity contribution in [3.63, 3.8) is 0 Å². The number of carbonyl (C=O) groups is 1. The summed E-state index contributed by atoms with van der Waals surface area (Å²) in [7, 11) is -3.93. The molecule has 31 heavy (non-hydrogen) atoms. The lowest BCUT2D eigenvalue weighted by atomic mass is 10.2. The average molecular weight is 460 g/mol. The van der Waals surface area contributed by atoms with Crippen molar-refractivity contribution in [2.24, 2.45) is 0 Å². The minimum Gasteiger partial charge on any atom is -0.477 e. The first-order chi connectivity index (χ1) is 14.7. The number of thiophene rings is 1. The number of rotatable bonds is 5. The van der Waals surface area contributed by atoms with Gasteiger partial charge in [-0.15, -0.1) is 11.3 Å². The SMILES string of the molecule is O=C(O)c1scc2[nH]c(=O)n(-c3cc(S(=O)(=O)Cc4ccccc4)ccc3F)c(=O)c12. The van der Waals surface area contributed by atoms with E-state index in [4.69, 9.17) is 0 Å². The fourth-order valence-electron chi connectivity index (χ4n) is 3.15. The van der Waals surface area contributed by atoms with E-state index in [9.17, 15) is 32.3 Å². The van der Waals surface area contributed by atoms with Gasteiger partial charge in [-0.2, -0.15) is 0 Å². The second-order valence-corrected chi connectivity index (χ2v) is 9.46. The van der Waals surface area contributed by atoms with Crippen LogP contribution in [0.5, 0.6) is 0 Å². The quantitative estimate of drug-likeness (QED) is 0.441. The lowest BCUT2D eigenvalue weighted by Crippen LogP contribution is -2.34. The number of fused-ring (bicyclic) bond motifs is 1. The second kappa shape index (κ2) is 7.60. The number of aromatic nitrogens is 2. The molecule has 0 unspecified atom stereocenters. The topological polar surface area (TPSA) is 126 Å². The Morgan fingerprint density at radius 2 is 1.84 bits per heavy atom. The zero-order valence-corrected chi connectivity index (χ0v) is 17.2. The number of carboxylic acid groups (broad SMARTS) is 1. The number of aromatic carboxylic acids is 1. The van der Waals surface area contributed by atoms with Crippen molar-refractivity contribution in [1.29, 1.82) is 0 Å². The fraction of sp³-hybridized carbons (Fsp3) is 0.0500. The van der Waals surface area contributed by atoms with Gasteiger partial charge in [-0.25, -0.2) is 27.0 Å². The molecule has 0 saturated heterocycles. The molecule has 0 radical (unpaired) electrons. The first-order valence-corrected chi connectivity index (χ1v) is 11.3. The molecule has 2 N–H and O–H groups in total. The van der Waals surface area contributed by atoms with E-state index in [1.54, 1.807) is 30.3 Å². The highest BCUT2D eigenvalue weighted by molar-refractivity contribution is 7.90. The lowest BCUT2D eigenvalue weighted by molar-refractivity contribution is 0.0704. The number of nitrogens with one attached hydrogen (secondary N) is 1. The molecule has 0 saturated carbocycles. The number of sulfone groups is 1. The standard InChI is InChI=1S/C20H13FN2O6S2/c21-13-7-6-12(31(28,29)10-11-4-2-1-3-5-11)8-15(13)23-18(24)16-14(22-20(23)27)9-30-17(16)19(25)26/h1-9H,10H2,(H,22,27)(H,25,26). The number of H-pyrrole nitrogens is 1. The van der Waals surface area contributed by atoms with Crippen molar-refractivity contribution in [3.8, 4) is 5.69 Å². The number of nitrogens with zero attached hydrogens (tertiary/aromatic N) is 1. The van der Waals surface area contributed by atoms with Crippen molar-refractivity contribution < 1.29 is 22.7 Å². The van der Waals surface area contributed by atoms with Crippen molar-refractivity contribution in [2.45, 2.75) is 10.6 Å². The van der Waals surface area contributed by atoms with Gasteiger partial charge in [-0.05, 0) is 23.8 Å². The molecule has 2 aromatic heterocycles. The first kappa shape index (κ1) is 20.7. The molecule has 4 aromatic rings.